The topological polar surface area (TPSA) is 146 Å². The SMILES string of the molecule is CCCCCCc1c(C2=C(C#N)C(=C(C#N)C#N)N(CCCC)C2=O)sc(-c2ccc(N=Nc3ccc(N(CC)CCOC(=O)C(CC)CCCC)cc3C)cc2)c1CCCCCC. The van der Waals surface area contributed by atoms with Crippen molar-refractivity contribution in [3.05, 3.63) is 80.9 Å². The van der Waals surface area contributed by atoms with Crippen LogP contribution in [0.25, 0.3) is 16.0 Å². The number of carbonyl (C=O) groups is 2. The van der Waals surface area contributed by atoms with Gasteiger partial charge in [0.15, 0.2) is 5.57 Å². The van der Waals surface area contributed by atoms with Crippen molar-refractivity contribution in [1.29, 1.82) is 15.8 Å². The molecule has 0 radical (unpaired) electrons. The summed E-state index contributed by atoms with van der Waals surface area (Å²) in [5, 5.41) is 39.9. The molecule has 64 heavy (non-hydrogen) atoms. The van der Waals surface area contributed by atoms with E-state index in [1.807, 2.05) is 57.2 Å². The van der Waals surface area contributed by atoms with Crippen molar-refractivity contribution in [3.63, 3.8) is 0 Å². The first kappa shape index (κ1) is 51.1. The molecule has 11 heteroatoms. The maximum atomic E-state index is 14.5. The van der Waals surface area contributed by atoms with Crippen molar-refractivity contribution >= 4 is 45.8 Å². The van der Waals surface area contributed by atoms with Crippen molar-refractivity contribution in [1.82, 2.24) is 4.90 Å². The smallest absolute Gasteiger partial charge is 0.308 e. The van der Waals surface area contributed by atoms with Gasteiger partial charge < -0.3 is 14.5 Å². The predicted octanol–water partition coefficient (Wildman–Crippen LogP) is 14.2. The van der Waals surface area contributed by atoms with E-state index in [1.165, 1.54) is 10.5 Å². The molecule has 4 rings (SSSR count). The molecule has 1 atom stereocenters. The van der Waals surface area contributed by atoms with Crippen molar-refractivity contribution < 1.29 is 14.3 Å². The Morgan fingerprint density at radius 3 is 2.00 bits per heavy atom. The molecule has 2 aromatic carbocycles. The molecule has 0 saturated heterocycles. The molecule has 0 saturated carbocycles. The monoisotopic (exact) mass is 884 g/mol. The largest absolute Gasteiger partial charge is 0.464 e. The minimum absolute atomic E-state index is 0.0344. The lowest BCUT2D eigenvalue weighted by Gasteiger charge is -2.24. The van der Waals surface area contributed by atoms with Crippen LogP contribution in [0.3, 0.4) is 0 Å². The number of hydrogen-bond donors (Lipinski definition) is 0. The van der Waals surface area contributed by atoms with Crippen LogP contribution < -0.4 is 4.90 Å². The van der Waals surface area contributed by atoms with Crippen LogP contribution in [-0.2, 0) is 27.2 Å². The van der Waals surface area contributed by atoms with Crippen molar-refractivity contribution in [2.45, 2.75) is 151 Å². The Labute approximate surface area is 387 Å². The molecule has 0 bridgehead atoms. The fourth-order valence-electron chi connectivity index (χ4n) is 8.28. The van der Waals surface area contributed by atoms with Gasteiger partial charge in [-0.1, -0.05) is 105 Å². The molecular weight excluding hydrogens is 815 g/mol. The van der Waals surface area contributed by atoms with Gasteiger partial charge in [-0.3, -0.25) is 9.59 Å². The zero-order valence-corrected chi connectivity index (χ0v) is 40.3. The third kappa shape index (κ3) is 13.2. The zero-order valence-electron chi connectivity index (χ0n) is 39.5. The summed E-state index contributed by atoms with van der Waals surface area (Å²) in [7, 11) is 0. The molecule has 1 aliphatic heterocycles. The van der Waals surface area contributed by atoms with Crippen LogP contribution in [0.4, 0.5) is 17.1 Å². The molecule has 340 valence electrons. The molecule has 1 unspecified atom stereocenters. The Bertz CT molecular complexity index is 2230. The summed E-state index contributed by atoms with van der Waals surface area (Å²) in [5.41, 5.74) is 7.17. The molecule has 0 fully saturated rings. The molecule has 0 spiro atoms. The highest BCUT2D eigenvalue weighted by molar-refractivity contribution is 7.17. The Kier molecular flexibility index (Phi) is 21.5. The molecule has 1 amide bonds. The predicted molar refractivity (Wildman–Crippen MR) is 260 cm³/mol. The minimum atomic E-state index is -0.312. The van der Waals surface area contributed by atoms with Crippen LogP contribution in [-0.4, -0.2) is 43.0 Å². The van der Waals surface area contributed by atoms with Gasteiger partial charge >= 0.3 is 5.97 Å². The number of azo groups is 1. The molecule has 3 aromatic rings. The van der Waals surface area contributed by atoms with E-state index in [0.717, 1.165) is 141 Å². The number of anilines is 1. The van der Waals surface area contributed by atoms with Gasteiger partial charge in [-0.15, -0.1) is 11.3 Å². The number of esters is 1. The lowest BCUT2D eigenvalue weighted by molar-refractivity contribution is -0.148. The number of benzene rings is 2. The molecule has 0 N–H and O–H groups in total. The summed E-state index contributed by atoms with van der Waals surface area (Å²) >= 11 is 1.55. The number of ether oxygens (including phenoxy) is 1. The second-order valence-electron chi connectivity index (χ2n) is 16.7. The van der Waals surface area contributed by atoms with Gasteiger partial charge in [0.2, 0.25) is 0 Å². The maximum absolute atomic E-state index is 14.5. The van der Waals surface area contributed by atoms with E-state index in [1.54, 1.807) is 11.3 Å². The standard InChI is InChI=1S/C53H69N7O3S/c1-8-14-18-20-23-44-45(24-21-19-15-9-2)51(48-46(37-56)49(41(35-54)36-55)60(52(48)61)31-17-11-4)64-50(44)40-25-27-42(28-26-40)57-58-47-30-29-43(34-38(47)7)59(13-6)32-33-63-53(62)39(12-5)22-16-10-3/h25-30,34,39H,8-24,31-33H2,1-7H3. The van der Waals surface area contributed by atoms with E-state index in [9.17, 15) is 25.4 Å². The minimum Gasteiger partial charge on any atom is -0.464 e. The molecule has 2 heterocycles. The number of thiophene rings is 1. The lowest BCUT2D eigenvalue weighted by Crippen LogP contribution is -2.29. The molecule has 1 aliphatic rings. The third-order valence-corrected chi connectivity index (χ3v) is 13.4. The summed E-state index contributed by atoms with van der Waals surface area (Å²) in [4.78, 5) is 32.7. The number of hydrogen-bond acceptors (Lipinski definition) is 10. The van der Waals surface area contributed by atoms with Crippen LogP contribution in [0.5, 0.6) is 0 Å². The second kappa shape index (κ2) is 26.9. The van der Waals surface area contributed by atoms with Crippen LogP contribution in [0, 0.1) is 46.8 Å². The number of allylic oxidation sites excluding steroid dienone is 2. The van der Waals surface area contributed by atoms with Gasteiger partial charge in [0.25, 0.3) is 5.91 Å². The van der Waals surface area contributed by atoms with E-state index in [0.29, 0.717) is 37.4 Å². The van der Waals surface area contributed by atoms with E-state index < -0.39 is 0 Å². The fourth-order valence-corrected chi connectivity index (χ4v) is 9.73. The van der Waals surface area contributed by atoms with Crippen LogP contribution in [0.1, 0.15) is 153 Å². The van der Waals surface area contributed by atoms with Crippen molar-refractivity contribution in [3.8, 4) is 28.6 Å². The van der Waals surface area contributed by atoms with Crippen LogP contribution in [0.2, 0.25) is 0 Å². The van der Waals surface area contributed by atoms with Gasteiger partial charge in [-0.25, -0.2) is 0 Å². The van der Waals surface area contributed by atoms with Gasteiger partial charge in [-0.05, 0) is 111 Å². The van der Waals surface area contributed by atoms with Gasteiger partial charge in [0.1, 0.15) is 24.8 Å². The first-order valence-electron chi connectivity index (χ1n) is 23.9. The number of nitriles is 3. The van der Waals surface area contributed by atoms with Gasteiger partial charge in [0.05, 0.1) is 40.7 Å². The number of carbonyl (C=O) groups excluding carboxylic acids is 2. The number of unbranched alkanes of at least 4 members (excludes halogenated alkanes) is 8. The number of rotatable bonds is 27. The molecule has 10 nitrogen and oxygen atoms in total. The summed E-state index contributed by atoms with van der Waals surface area (Å²) in [5.74, 6) is -0.444. The Balaban J connectivity index is 1.68. The fraction of sp³-hybridized carbons (Fsp3) is 0.528. The normalized spacial score (nSPS) is 13.0. The number of nitrogens with zero attached hydrogens (tertiary/aromatic N) is 7. The molecule has 1 aromatic heterocycles. The molecular formula is C53H69N7O3S. The van der Waals surface area contributed by atoms with Crippen molar-refractivity contribution in [2.24, 2.45) is 16.1 Å². The Morgan fingerprint density at radius 2 is 1.44 bits per heavy atom. The van der Waals surface area contributed by atoms with Gasteiger partial charge in [0, 0.05) is 28.5 Å². The molecule has 0 aliphatic carbocycles. The first-order chi connectivity index (χ1) is 31.2. The summed E-state index contributed by atoms with van der Waals surface area (Å²) in [6, 6.07) is 20.4. The highest BCUT2D eigenvalue weighted by Gasteiger charge is 2.40. The van der Waals surface area contributed by atoms with E-state index >= 15 is 0 Å². The average molecular weight is 884 g/mol. The maximum Gasteiger partial charge on any atom is 0.308 e. The summed E-state index contributed by atoms with van der Waals surface area (Å²) < 4.78 is 5.70. The van der Waals surface area contributed by atoms with Crippen molar-refractivity contribution in [2.75, 3.05) is 31.1 Å². The zero-order chi connectivity index (χ0) is 46.4. The lowest BCUT2D eigenvalue weighted by atomic mass is 9.92. The van der Waals surface area contributed by atoms with E-state index in [-0.39, 0.29) is 34.6 Å². The summed E-state index contributed by atoms with van der Waals surface area (Å²) in [6.07, 6.45) is 15.5. The quantitative estimate of drug-likeness (QED) is 0.0320. The second-order valence-corrected chi connectivity index (χ2v) is 17.7. The van der Waals surface area contributed by atoms with Gasteiger partial charge in [-0.2, -0.15) is 26.0 Å². The van der Waals surface area contributed by atoms with Crippen LogP contribution >= 0.6 is 11.3 Å². The number of amides is 1. The highest BCUT2D eigenvalue weighted by Crippen LogP contribution is 2.47. The average Bonchev–Trinajstić information content (AvgIpc) is 3.80. The highest BCUT2D eigenvalue weighted by atomic mass is 32.1. The number of aryl methyl sites for hydroxylation is 1. The number of likely N-dealkylation sites (N-methyl/N-ethyl adjacent to an activating group) is 1. The van der Waals surface area contributed by atoms with Crippen LogP contribution in [0.15, 0.2) is 69.5 Å². The van der Waals surface area contributed by atoms with E-state index in [2.05, 4.69) is 67.1 Å². The Hall–Kier alpha value is -5.57. The third-order valence-electron chi connectivity index (χ3n) is 12.1. The van der Waals surface area contributed by atoms with E-state index in [4.69, 9.17) is 4.74 Å². The Morgan fingerprint density at radius 1 is 0.797 bits per heavy atom. The first-order valence-corrected chi connectivity index (χ1v) is 24.7. The summed E-state index contributed by atoms with van der Waals surface area (Å²) in [6.45, 7) is 16.8.